The van der Waals surface area contributed by atoms with E-state index in [0.717, 1.165) is 5.75 Å². The van der Waals surface area contributed by atoms with E-state index in [1.165, 1.54) is 11.1 Å². The van der Waals surface area contributed by atoms with E-state index in [-0.39, 0.29) is 16.4 Å². The first kappa shape index (κ1) is 16.1. The zero-order valence-electron chi connectivity index (χ0n) is 14.1. The van der Waals surface area contributed by atoms with Crippen molar-refractivity contribution in [1.82, 2.24) is 0 Å². The van der Waals surface area contributed by atoms with Gasteiger partial charge in [0.25, 0.3) is 0 Å². The van der Waals surface area contributed by atoms with Crippen LogP contribution in [0.2, 0.25) is 0 Å². The van der Waals surface area contributed by atoms with Crippen molar-refractivity contribution in [3.63, 3.8) is 0 Å². The van der Waals surface area contributed by atoms with Crippen molar-refractivity contribution in [2.75, 3.05) is 0 Å². The minimum absolute atomic E-state index is 0.0852. The highest BCUT2D eigenvalue weighted by Crippen LogP contribution is 2.40. The van der Waals surface area contributed by atoms with Crippen LogP contribution in [0.25, 0.3) is 0 Å². The van der Waals surface area contributed by atoms with Crippen molar-refractivity contribution in [3.8, 4) is 5.75 Å². The molecule has 1 aromatic carbocycles. The molecule has 1 nitrogen and oxygen atoms in total. The Bertz CT molecular complexity index is 404. The average Bonchev–Trinajstić information content (AvgIpc) is 2.11. The largest absolute Gasteiger partial charge is 0.488 e. The second-order valence-electron chi connectivity index (χ2n) is 8.40. The van der Waals surface area contributed by atoms with Gasteiger partial charge in [0, 0.05) is 0 Å². The van der Waals surface area contributed by atoms with Crippen molar-refractivity contribution in [2.45, 2.75) is 78.7 Å². The van der Waals surface area contributed by atoms with Crippen LogP contribution in [-0.4, -0.2) is 5.60 Å². The van der Waals surface area contributed by atoms with Crippen LogP contribution in [-0.2, 0) is 10.8 Å². The topological polar surface area (TPSA) is 9.23 Å². The summed E-state index contributed by atoms with van der Waals surface area (Å²) in [7, 11) is 0. The minimum atomic E-state index is -0.179. The normalized spacial score (nSPS) is 13.5. The summed E-state index contributed by atoms with van der Waals surface area (Å²) >= 11 is 0. The van der Waals surface area contributed by atoms with E-state index in [0.29, 0.717) is 0 Å². The summed E-state index contributed by atoms with van der Waals surface area (Å²) in [4.78, 5) is 0. The van der Waals surface area contributed by atoms with Gasteiger partial charge in [-0.05, 0) is 42.7 Å². The summed E-state index contributed by atoms with van der Waals surface area (Å²) in [5.41, 5.74) is 2.56. The van der Waals surface area contributed by atoms with Crippen LogP contribution in [0.1, 0.15) is 73.4 Å². The van der Waals surface area contributed by atoms with Gasteiger partial charge in [0.2, 0.25) is 0 Å². The van der Waals surface area contributed by atoms with Crippen molar-refractivity contribution < 1.29 is 4.74 Å². The Hall–Kier alpha value is -0.980. The molecule has 1 heteroatoms. The Morgan fingerprint density at radius 3 is 1.32 bits per heavy atom. The van der Waals surface area contributed by atoms with Gasteiger partial charge < -0.3 is 4.74 Å². The number of hydrogen-bond donors (Lipinski definition) is 0. The summed E-state index contributed by atoms with van der Waals surface area (Å²) < 4.78 is 6.32. The quantitative estimate of drug-likeness (QED) is 0.653. The fourth-order valence-electron chi connectivity index (χ4n) is 2.13. The SMILES string of the molecule is CC(C)(C)Oc1c(C(C)(C)C)cccc1C(C)(C)C. The van der Waals surface area contributed by atoms with Gasteiger partial charge in [-0.2, -0.15) is 0 Å². The van der Waals surface area contributed by atoms with Crippen molar-refractivity contribution in [1.29, 1.82) is 0 Å². The fourth-order valence-corrected chi connectivity index (χ4v) is 2.13. The lowest BCUT2D eigenvalue weighted by Crippen LogP contribution is -2.28. The second-order valence-corrected chi connectivity index (χ2v) is 8.40. The Kier molecular flexibility index (Phi) is 4.10. The van der Waals surface area contributed by atoms with Crippen LogP contribution < -0.4 is 4.74 Å². The molecule has 0 radical (unpaired) electrons. The first-order chi connectivity index (χ1) is 8.32. The third kappa shape index (κ3) is 4.26. The van der Waals surface area contributed by atoms with Crippen molar-refractivity contribution in [3.05, 3.63) is 29.3 Å². The number of ether oxygens (including phenoxy) is 1. The van der Waals surface area contributed by atoms with Gasteiger partial charge in [-0.25, -0.2) is 0 Å². The molecular formula is C18H30O. The molecule has 0 bridgehead atoms. The van der Waals surface area contributed by atoms with Gasteiger partial charge in [0.05, 0.1) is 0 Å². The van der Waals surface area contributed by atoms with Gasteiger partial charge in [-0.3, -0.25) is 0 Å². The van der Waals surface area contributed by atoms with E-state index in [4.69, 9.17) is 4.74 Å². The van der Waals surface area contributed by atoms with E-state index >= 15 is 0 Å². The van der Waals surface area contributed by atoms with Crippen molar-refractivity contribution in [2.24, 2.45) is 0 Å². The number of rotatable bonds is 1. The van der Waals surface area contributed by atoms with E-state index in [9.17, 15) is 0 Å². The highest BCUT2D eigenvalue weighted by molar-refractivity contribution is 5.48. The van der Waals surface area contributed by atoms with E-state index in [1.54, 1.807) is 0 Å². The molecule has 0 aromatic heterocycles. The van der Waals surface area contributed by atoms with Crippen molar-refractivity contribution >= 4 is 0 Å². The predicted octanol–water partition coefficient (Wildman–Crippen LogP) is 5.46. The van der Waals surface area contributed by atoms with E-state index < -0.39 is 0 Å². The molecule has 0 saturated carbocycles. The number of hydrogen-bond acceptors (Lipinski definition) is 1. The van der Waals surface area contributed by atoms with Crippen LogP contribution in [0.4, 0.5) is 0 Å². The Labute approximate surface area is 119 Å². The van der Waals surface area contributed by atoms with Gasteiger partial charge >= 0.3 is 0 Å². The molecule has 0 atom stereocenters. The highest BCUT2D eigenvalue weighted by atomic mass is 16.5. The summed E-state index contributed by atoms with van der Waals surface area (Å²) in [6.45, 7) is 19.8. The maximum absolute atomic E-state index is 6.32. The monoisotopic (exact) mass is 262 g/mol. The van der Waals surface area contributed by atoms with Gasteiger partial charge in [0.15, 0.2) is 0 Å². The van der Waals surface area contributed by atoms with Crippen LogP contribution in [0.3, 0.4) is 0 Å². The first-order valence-electron chi connectivity index (χ1n) is 7.15. The molecule has 19 heavy (non-hydrogen) atoms. The molecule has 0 unspecified atom stereocenters. The van der Waals surface area contributed by atoms with Crippen LogP contribution in [0, 0.1) is 0 Å². The molecule has 0 fully saturated rings. The summed E-state index contributed by atoms with van der Waals surface area (Å²) in [6, 6.07) is 6.53. The van der Waals surface area contributed by atoms with Gasteiger partial charge in [-0.1, -0.05) is 59.7 Å². The molecule has 0 heterocycles. The van der Waals surface area contributed by atoms with Gasteiger partial charge in [-0.15, -0.1) is 0 Å². The maximum atomic E-state index is 6.32. The lowest BCUT2D eigenvalue weighted by molar-refractivity contribution is 0.124. The second kappa shape index (κ2) is 4.85. The van der Waals surface area contributed by atoms with Crippen LogP contribution in [0.15, 0.2) is 18.2 Å². The molecule has 0 aliphatic carbocycles. The minimum Gasteiger partial charge on any atom is -0.488 e. The average molecular weight is 262 g/mol. The number of benzene rings is 1. The molecule has 0 amide bonds. The standard InChI is InChI=1S/C18H30O/c1-16(2,3)13-11-10-12-14(17(4,5)6)15(13)19-18(7,8)9/h10-12H,1-9H3. The molecule has 108 valence electrons. The van der Waals surface area contributed by atoms with E-state index in [2.05, 4.69) is 80.5 Å². The fraction of sp³-hybridized carbons (Fsp3) is 0.667. The molecule has 0 spiro atoms. The Balaban J connectivity index is 3.51. The highest BCUT2D eigenvalue weighted by Gasteiger charge is 2.28. The zero-order chi connectivity index (χ0) is 15.1. The molecular weight excluding hydrogens is 232 g/mol. The lowest BCUT2D eigenvalue weighted by atomic mass is 9.79. The number of para-hydroxylation sites is 1. The molecule has 0 saturated heterocycles. The maximum Gasteiger partial charge on any atom is 0.127 e. The third-order valence-electron chi connectivity index (χ3n) is 3.04. The smallest absolute Gasteiger partial charge is 0.127 e. The van der Waals surface area contributed by atoms with Gasteiger partial charge in [0.1, 0.15) is 11.4 Å². The Morgan fingerprint density at radius 2 is 1.05 bits per heavy atom. The molecule has 1 aromatic rings. The molecule has 0 aliphatic heterocycles. The predicted molar refractivity (Wildman–Crippen MR) is 84.2 cm³/mol. The molecule has 0 aliphatic rings. The zero-order valence-corrected chi connectivity index (χ0v) is 14.1. The van der Waals surface area contributed by atoms with E-state index in [1.807, 2.05) is 0 Å². The molecule has 0 N–H and O–H groups in total. The Morgan fingerprint density at radius 1 is 0.684 bits per heavy atom. The van der Waals surface area contributed by atoms with Crippen LogP contribution >= 0.6 is 0 Å². The molecule has 1 rings (SSSR count). The first-order valence-corrected chi connectivity index (χ1v) is 7.15. The summed E-state index contributed by atoms with van der Waals surface area (Å²) in [5, 5.41) is 0. The lowest BCUT2D eigenvalue weighted by Gasteiger charge is -2.33. The summed E-state index contributed by atoms with van der Waals surface area (Å²) in [5.74, 6) is 1.06. The summed E-state index contributed by atoms with van der Waals surface area (Å²) in [6.07, 6.45) is 0. The van der Waals surface area contributed by atoms with Crippen LogP contribution in [0.5, 0.6) is 5.75 Å². The third-order valence-corrected chi connectivity index (χ3v) is 3.04.